The van der Waals surface area contributed by atoms with Gasteiger partial charge in [0, 0.05) is 17.3 Å². The Morgan fingerprint density at radius 1 is 1.24 bits per heavy atom. The molecule has 90 valence electrons. The van der Waals surface area contributed by atoms with Crippen molar-refractivity contribution in [2.75, 3.05) is 5.32 Å². The fourth-order valence-corrected chi connectivity index (χ4v) is 2.58. The summed E-state index contributed by atoms with van der Waals surface area (Å²) >= 11 is 1.70. The first kappa shape index (κ1) is 12.0. The second-order valence-electron chi connectivity index (χ2n) is 4.33. The van der Waals surface area contributed by atoms with E-state index in [-0.39, 0.29) is 6.04 Å². The van der Waals surface area contributed by atoms with E-state index in [1.54, 1.807) is 11.3 Å². The van der Waals surface area contributed by atoms with Gasteiger partial charge in [-0.05, 0) is 54.8 Å². The van der Waals surface area contributed by atoms with E-state index in [1.165, 1.54) is 5.56 Å². The molecule has 1 aromatic heterocycles. The predicted octanol–water partition coefficient (Wildman–Crippen LogP) is 4.24. The monoisotopic (exact) mass is 247 g/mol. The van der Waals surface area contributed by atoms with Gasteiger partial charge in [-0.25, -0.2) is 0 Å². The van der Waals surface area contributed by atoms with Crippen LogP contribution in [0.1, 0.15) is 29.7 Å². The van der Waals surface area contributed by atoms with Crippen molar-refractivity contribution in [1.82, 2.24) is 0 Å². The van der Waals surface area contributed by atoms with Crippen LogP contribution in [-0.4, -0.2) is 5.11 Å². The summed E-state index contributed by atoms with van der Waals surface area (Å²) in [6.07, 6.45) is 0. The van der Waals surface area contributed by atoms with Crippen LogP contribution < -0.4 is 5.32 Å². The lowest BCUT2D eigenvalue weighted by atomic mass is 10.1. The van der Waals surface area contributed by atoms with E-state index in [0.29, 0.717) is 5.75 Å². The number of aromatic hydroxyl groups is 1. The molecule has 17 heavy (non-hydrogen) atoms. The third-order valence-corrected chi connectivity index (χ3v) is 3.75. The van der Waals surface area contributed by atoms with Gasteiger partial charge in [0.15, 0.2) is 0 Å². The van der Waals surface area contributed by atoms with Crippen LogP contribution >= 0.6 is 11.3 Å². The van der Waals surface area contributed by atoms with Crippen molar-refractivity contribution in [1.29, 1.82) is 0 Å². The van der Waals surface area contributed by atoms with Crippen LogP contribution in [0, 0.1) is 13.8 Å². The maximum atomic E-state index is 9.89. The standard InChI is InChI=1S/C14H17NOS/c1-9-4-5-13(10(2)14(9)16)15-11(3)12-6-7-17-8-12/h4-8,11,15-16H,1-3H3. The Labute approximate surface area is 106 Å². The van der Waals surface area contributed by atoms with E-state index >= 15 is 0 Å². The van der Waals surface area contributed by atoms with Crippen molar-refractivity contribution in [3.05, 3.63) is 45.6 Å². The fourth-order valence-electron chi connectivity index (χ4n) is 1.83. The maximum absolute atomic E-state index is 9.89. The Morgan fingerprint density at radius 3 is 2.65 bits per heavy atom. The van der Waals surface area contributed by atoms with Gasteiger partial charge in [0.2, 0.25) is 0 Å². The zero-order chi connectivity index (χ0) is 12.4. The molecule has 0 spiro atoms. The van der Waals surface area contributed by atoms with Gasteiger partial charge in [0.1, 0.15) is 5.75 Å². The summed E-state index contributed by atoms with van der Waals surface area (Å²) in [5, 5.41) is 17.5. The molecule has 0 fully saturated rings. The van der Waals surface area contributed by atoms with Crippen molar-refractivity contribution < 1.29 is 5.11 Å². The zero-order valence-electron chi connectivity index (χ0n) is 10.3. The lowest BCUT2D eigenvalue weighted by molar-refractivity contribution is 0.467. The Bertz CT molecular complexity index is 505. The number of nitrogens with one attached hydrogen (secondary N) is 1. The molecule has 2 nitrogen and oxygen atoms in total. The number of anilines is 1. The number of phenolic OH excluding ortho intramolecular Hbond substituents is 1. The predicted molar refractivity (Wildman–Crippen MR) is 73.9 cm³/mol. The maximum Gasteiger partial charge on any atom is 0.123 e. The molecule has 0 saturated carbocycles. The quantitative estimate of drug-likeness (QED) is 0.850. The molecular weight excluding hydrogens is 230 g/mol. The average molecular weight is 247 g/mol. The first-order valence-corrected chi connectivity index (χ1v) is 6.61. The second-order valence-corrected chi connectivity index (χ2v) is 5.11. The van der Waals surface area contributed by atoms with E-state index < -0.39 is 0 Å². The molecule has 1 heterocycles. The number of rotatable bonds is 3. The third-order valence-electron chi connectivity index (χ3n) is 3.05. The highest BCUT2D eigenvalue weighted by molar-refractivity contribution is 7.07. The van der Waals surface area contributed by atoms with Crippen LogP contribution in [0.2, 0.25) is 0 Å². The van der Waals surface area contributed by atoms with Crippen LogP contribution in [0.3, 0.4) is 0 Å². The van der Waals surface area contributed by atoms with Gasteiger partial charge >= 0.3 is 0 Å². The van der Waals surface area contributed by atoms with Crippen molar-refractivity contribution in [2.45, 2.75) is 26.8 Å². The number of benzene rings is 1. The van der Waals surface area contributed by atoms with E-state index in [1.807, 2.05) is 26.0 Å². The van der Waals surface area contributed by atoms with E-state index in [4.69, 9.17) is 0 Å². The minimum atomic E-state index is 0.252. The Kier molecular flexibility index (Phi) is 3.38. The molecule has 0 aliphatic carbocycles. The number of aryl methyl sites for hydroxylation is 1. The van der Waals surface area contributed by atoms with Gasteiger partial charge in [-0.15, -0.1) is 0 Å². The Hall–Kier alpha value is -1.48. The van der Waals surface area contributed by atoms with Crippen molar-refractivity contribution in [3.8, 4) is 5.75 Å². The molecule has 2 aromatic rings. The van der Waals surface area contributed by atoms with E-state index in [9.17, 15) is 5.11 Å². The highest BCUT2D eigenvalue weighted by Gasteiger charge is 2.10. The molecule has 0 radical (unpaired) electrons. The summed E-state index contributed by atoms with van der Waals surface area (Å²) in [4.78, 5) is 0. The molecular formula is C14H17NOS. The first-order valence-electron chi connectivity index (χ1n) is 5.67. The lowest BCUT2D eigenvalue weighted by Crippen LogP contribution is -2.06. The number of hydrogen-bond acceptors (Lipinski definition) is 3. The summed E-state index contributed by atoms with van der Waals surface area (Å²) in [5.74, 6) is 0.382. The van der Waals surface area contributed by atoms with E-state index in [0.717, 1.165) is 16.8 Å². The van der Waals surface area contributed by atoms with Gasteiger partial charge in [-0.2, -0.15) is 11.3 Å². The van der Waals surface area contributed by atoms with Gasteiger partial charge in [-0.1, -0.05) is 6.07 Å². The normalized spacial score (nSPS) is 12.4. The molecule has 0 amide bonds. The number of hydrogen-bond donors (Lipinski definition) is 2. The van der Waals surface area contributed by atoms with Crippen molar-refractivity contribution in [3.63, 3.8) is 0 Å². The number of thiophene rings is 1. The summed E-state index contributed by atoms with van der Waals surface area (Å²) in [6.45, 7) is 5.97. The Balaban J connectivity index is 2.22. The highest BCUT2D eigenvalue weighted by atomic mass is 32.1. The SMILES string of the molecule is Cc1ccc(NC(C)c2ccsc2)c(C)c1O. The molecule has 0 aliphatic rings. The molecule has 2 rings (SSSR count). The average Bonchev–Trinajstić information content (AvgIpc) is 2.83. The van der Waals surface area contributed by atoms with Gasteiger partial charge in [0.25, 0.3) is 0 Å². The van der Waals surface area contributed by atoms with Crippen molar-refractivity contribution >= 4 is 17.0 Å². The largest absolute Gasteiger partial charge is 0.507 e. The third kappa shape index (κ3) is 2.44. The van der Waals surface area contributed by atoms with Crippen molar-refractivity contribution in [2.24, 2.45) is 0 Å². The molecule has 0 aliphatic heterocycles. The van der Waals surface area contributed by atoms with Crippen LogP contribution in [-0.2, 0) is 0 Å². The van der Waals surface area contributed by atoms with Crippen LogP contribution in [0.4, 0.5) is 5.69 Å². The van der Waals surface area contributed by atoms with E-state index in [2.05, 4.69) is 29.1 Å². The first-order chi connectivity index (χ1) is 8.09. The zero-order valence-corrected chi connectivity index (χ0v) is 11.1. The fraction of sp³-hybridized carbons (Fsp3) is 0.286. The summed E-state index contributed by atoms with van der Waals surface area (Å²) in [5.41, 5.74) is 4.09. The van der Waals surface area contributed by atoms with Gasteiger partial charge < -0.3 is 10.4 Å². The molecule has 1 atom stereocenters. The topological polar surface area (TPSA) is 32.3 Å². The molecule has 0 saturated heterocycles. The lowest BCUT2D eigenvalue weighted by Gasteiger charge is -2.17. The highest BCUT2D eigenvalue weighted by Crippen LogP contribution is 2.30. The van der Waals surface area contributed by atoms with Gasteiger partial charge in [0.05, 0.1) is 0 Å². The van der Waals surface area contributed by atoms with Crippen LogP contribution in [0.25, 0.3) is 0 Å². The van der Waals surface area contributed by atoms with Gasteiger partial charge in [-0.3, -0.25) is 0 Å². The van der Waals surface area contributed by atoms with Crippen LogP contribution in [0.5, 0.6) is 5.75 Å². The summed E-state index contributed by atoms with van der Waals surface area (Å²) in [6, 6.07) is 6.33. The summed E-state index contributed by atoms with van der Waals surface area (Å²) in [7, 11) is 0. The Morgan fingerprint density at radius 2 is 2.00 bits per heavy atom. The molecule has 1 aromatic carbocycles. The second kappa shape index (κ2) is 4.80. The molecule has 0 bridgehead atoms. The molecule has 1 unspecified atom stereocenters. The van der Waals surface area contributed by atoms with Crippen LogP contribution in [0.15, 0.2) is 29.0 Å². The minimum Gasteiger partial charge on any atom is -0.507 e. The molecule has 2 N–H and O–H groups in total. The smallest absolute Gasteiger partial charge is 0.123 e. The summed E-state index contributed by atoms with van der Waals surface area (Å²) < 4.78 is 0. The molecule has 3 heteroatoms. The number of phenols is 1. The minimum absolute atomic E-state index is 0.252.